The van der Waals surface area contributed by atoms with E-state index in [0.717, 1.165) is 0 Å². The first-order valence-corrected chi connectivity index (χ1v) is 9.46. The molecule has 1 aromatic carbocycles. The lowest BCUT2D eigenvalue weighted by Crippen LogP contribution is -2.48. The number of amides is 2. The molecule has 1 aromatic rings. The number of ether oxygens (including phenoxy) is 4. The summed E-state index contributed by atoms with van der Waals surface area (Å²) in [5.74, 6) is -0.0450. The van der Waals surface area contributed by atoms with E-state index >= 15 is 0 Å². The molecule has 9 nitrogen and oxygen atoms in total. The van der Waals surface area contributed by atoms with Gasteiger partial charge in [-0.2, -0.15) is 0 Å². The number of carbonyl (C=O) groups is 3. The molecule has 9 heteroatoms. The number of likely N-dealkylation sites (tertiary alicyclic amines) is 1. The Morgan fingerprint density at radius 1 is 1.21 bits per heavy atom. The molecule has 1 heterocycles. The highest BCUT2D eigenvalue weighted by atomic mass is 16.6. The van der Waals surface area contributed by atoms with Crippen molar-refractivity contribution in [1.29, 1.82) is 0 Å². The minimum absolute atomic E-state index is 0.0943. The molecule has 0 radical (unpaired) electrons. The lowest BCUT2D eigenvalue weighted by atomic mass is 10.2. The molecule has 0 N–H and O–H groups in total. The highest BCUT2D eigenvalue weighted by molar-refractivity contribution is 5.95. The summed E-state index contributed by atoms with van der Waals surface area (Å²) >= 11 is 0. The van der Waals surface area contributed by atoms with Gasteiger partial charge in [0, 0.05) is 26.0 Å². The van der Waals surface area contributed by atoms with Crippen LogP contribution in [0.1, 0.15) is 26.7 Å². The average Bonchev–Trinajstić information content (AvgIpc) is 3.08. The van der Waals surface area contributed by atoms with Crippen LogP contribution in [0.5, 0.6) is 11.5 Å². The molecule has 0 aromatic heterocycles. The minimum atomic E-state index is -0.748. The van der Waals surface area contributed by atoms with E-state index in [-0.39, 0.29) is 31.5 Å². The van der Waals surface area contributed by atoms with E-state index < -0.39 is 12.0 Å². The largest absolute Gasteiger partial charge is 0.497 e. The summed E-state index contributed by atoms with van der Waals surface area (Å²) in [5.41, 5.74) is 0.447. The molecular weight excluding hydrogens is 380 g/mol. The summed E-state index contributed by atoms with van der Waals surface area (Å²) in [6.45, 7) is 4.08. The van der Waals surface area contributed by atoms with E-state index in [2.05, 4.69) is 0 Å². The van der Waals surface area contributed by atoms with Crippen molar-refractivity contribution in [3.63, 3.8) is 0 Å². The smallest absolute Gasteiger partial charge is 0.329 e. The van der Waals surface area contributed by atoms with E-state index in [1.165, 1.54) is 30.9 Å². The van der Waals surface area contributed by atoms with Crippen LogP contribution in [-0.2, 0) is 23.9 Å². The van der Waals surface area contributed by atoms with Gasteiger partial charge in [0.05, 0.1) is 26.5 Å². The van der Waals surface area contributed by atoms with E-state index in [0.29, 0.717) is 36.8 Å². The van der Waals surface area contributed by atoms with Gasteiger partial charge in [0.2, 0.25) is 11.8 Å². The van der Waals surface area contributed by atoms with Crippen molar-refractivity contribution in [2.45, 2.75) is 32.7 Å². The molecule has 1 aliphatic rings. The van der Waals surface area contributed by atoms with Crippen molar-refractivity contribution in [2.24, 2.45) is 0 Å². The van der Waals surface area contributed by atoms with Crippen LogP contribution in [0.25, 0.3) is 0 Å². The fraction of sp³-hybridized carbons (Fsp3) is 0.550. The van der Waals surface area contributed by atoms with Gasteiger partial charge in [-0.1, -0.05) is 0 Å². The van der Waals surface area contributed by atoms with Gasteiger partial charge >= 0.3 is 5.97 Å². The van der Waals surface area contributed by atoms with Gasteiger partial charge in [-0.05, 0) is 25.5 Å². The molecule has 1 fully saturated rings. The number of hydrogen-bond donors (Lipinski definition) is 0. The van der Waals surface area contributed by atoms with Gasteiger partial charge in [-0.15, -0.1) is 0 Å². The number of methoxy groups -OCH3 is 2. The van der Waals surface area contributed by atoms with Crippen LogP contribution in [0.3, 0.4) is 0 Å². The summed E-state index contributed by atoms with van der Waals surface area (Å²) in [6.07, 6.45) is 0.555. The van der Waals surface area contributed by atoms with Gasteiger partial charge in [-0.25, -0.2) is 4.79 Å². The Morgan fingerprint density at radius 2 is 1.97 bits per heavy atom. The van der Waals surface area contributed by atoms with Crippen molar-refractivity contribution in [2.75, 3.05) is 45.6 Å². The van der Waals surface area contributed by atoms with Crippen molar-refractivity contribution in [3.05, 3.63) is 18.2 Å². The van der Waals surface area contributed by atoms with Gasteiger partial charge in [0.25, 0.3) is 0 Å². The van der Waals surface area contributed by atoms with Crippen LogP contribution in [0.4, 0.5) is 5.69 Å². The van der Waals surface area contributed by atoms with Crippen LogP contribution in [-0.4, -0.2) is 69.4 Å². The summed E-state index contributed by atoms with van der Waals surface area (Å²) < 4.78 is 21.0. The second-order valence-electron chi connectivity index (χ2n) is 6.41. The lowest BCUT2D eigenvalue weighted by molar-refractivity contribution is -0.153. The summed E-state index contributed by atoms with van der Waals surface area (Å²) in [5, 5.41) is 0. The normalized spacial score (nSPS) is 15.9. The molecular formula is C20H28N2O7. The summed E-state index contributed by atoms with van der Waals surface area (Å²) in [7, 11) is 3.01. The predicted molar refractivity (Wildman–Crippen MR) is 105 cm³/mol. The van der Waals surface area contributed by atoms with Crippen LogP contribution in [0.15, 0.2) is 18.2 Å². The topological polar surface area (TPSA) is 94.6 Å². The Labute approximate surface area is 170 Å². The highest BCUT2D eigenvalue weighted by Crippen LogP contribution is 2.33. The second-order valence-corrected chi connectivity index (χ2v) is 6.41. The number of hydrogen-bond acceptors (Lipinski definition) is 7. The van der Waals surface area contributed by atoms with Gasteiger partial charge in [0.1, 0.15) is 30.8 Å². The third-order valence-electron chi connectivity index (χ3n) is 4.63. The fourth-order valence-electron chi connectivity index (χ4n) is 3.10. The summed E-state index contributed by atoms with van der Waals surface area (Å²) in [4.78, 5) is 40.0. The van der Waals surface area contributed by atoms with Crippen LogP contribution in [0.2, 0.25) is 0 Å². The van der Waals surface area contributed by atoms with Crippen molar-refractivity contribution >= 4 is 23.5 Å². The Balaban J connectivity index is 2.21. The minimum Gasteiger partial charge on any atom is -0.497 e. The number of rotatable bonds is 10. The molecule has 0 bridgehead atoms. The van der Waals surface area contributed by atoms with Crippen LogP contribution in [0, 0.1) is 0 Å². The zero-order valence-corrected chi connectivity index (χ0v) is 17.3. The monoisotopic (exact) mass is 408 g/mol. The van der Waals surface area contributed by atoms with E-state index in [1.54, 1.807) is 18.2 Å². The van der Waals surface area contributed by atoms with E-state index in [9.17, 15) is 14.4 Å². The Bertz CT molecular complexity index is 738. The third-order valence-corrected chi connectivity index (χ3v) is 4.63. The average molecular weight is 408 g/mol. The number of benzene rings is 1. The Hall–Kier alpha value is -2.81. The van der Waals surface area contributed by atoms with Crippen molar-refractivity contribution < 1.29 is 33.3 Å². The first-order chi connectivity index (χ1) is 13.9. The molecule has 2 amide bonds. The second kappa shape index (κ2) is 10.7. The summed E-state index contributed by atoms with van der Waals surface area (Å²) in [6, 6.07) is 4.29. The lowest BCUT2D eigenvalue weighted by Gasteiger charge is -2.31. The molecule has 1 aliphatic heterocycles. The van der Waals surface area contributed by atoms with Crippen LogP contribution >= 0.6 is 0 Å². The number of carbonyl (C=O) groups excluding carboxylic acids is 3. The number of anilines is 1. The SMILES string of the molecule is CCOCCOC(=O)[C@@H]1CCC(=O)N1CN(C(C)=O)c1cc(OC)ccc1OC. The molecule has 2 rings (SSSR count). The number of esters is 1. The maximum atomic E-state index is 12.5. The van der Waals surface area contributed by atoms with Crippen molar-refractivity contribution in [1.82, 2.24) is 4.90 Å². The maximum absolute atomic E-state index is 12.5. The van der Waals surface area contributed by atoms with Crippen LogP contribution < -0.4 is 14.4 Å². The Kier molecular flexibility index (Phi) is 8.26. The van der Waals surface area contributed by atoms with Gasteiger partial charge in [-0.3, -0.25) is 14.5 Å². The van der Waals surface area contributed by atoms with Gasteiger partial charge in [0.15, 0.2) is 0 Å². The molecule has 0 aliphatic carbocycles. The zero-order chi connectivity index (χ0) is 21.4. The first kappa shape index (κ1) is 22.5. The molecule has 0 unspecified atom stereocenters. The highest BCUT2D eigenvalue weighted by Gasteiger charge is 2.39. The Morgan fingerprint density at radius 3 is 2.59 bits per heavy atom. The van der Waals surface area contributed by atoms with E-state index in [4.69, 9.17) is 18.9 Å². The van der Waals surface area contributed by atoms with Gasteiger partial charge < -0.3 is 23.8 Å². The quantitative estimate of drug-likeness (QED) is 0.429. The standard InChI is InChI=1S/C20H28N2O7/c1-5-28-10-11-29-20(25)16-7-9-19(24)22(16)13-21(14(2)23)17-12-15(26-3)6-8-18(17)27-4/h6,8,12,16H,5,7,9-11,13H2,1-4H3/t16-/m0/s1. The molecule has 29 heavy (non-hydrogen) atoms. The van der Waals surface area contributed by atoms with Crippen molar-refractivity contribution in [3.8, 4) is 11.5 Å². The molecule has 0 spiro atoms. The molecule has 1 saturated heterocycles. The molecule has 160 valence electrons. The number of nitrogens with zero attached hydrogens (tertiary/aromatic N) is 2. The fourth-order valence-corrected chi connectivity index (χ4v) is 3.10. The zero-order valence-electron chi connectivity index (χ0n) is 17.3. The van der Waals surface area contributed by atoms with E-state index in [1.807, 2.05) is 6.92 Å². The predicted octanol–water partition coefficient (Wildman–Crippen LogP) is 1.58. The molecule has 1 atom stereocenters. The third kappa shape index (κ3) is 5.60. The maximum Gasteiger partial charge on any atom is 0.329 e. The molecule has 0 saturated carbocycles. The first-order valence-electron chi connectivity index (χ1n) is 9.46.